The molecular formula is C14H18N2O3. The number of ether oxygens (including phenoxy) is 1. The molecule has 1 amide bonds. The third kappa shape index (κ3) is 3.24. The van der Waals surface area contributed by atoms with E-state index in [1.165, 1.54) is 7.11 Å². The first kappa shape index (κ1) is 13.4. The van der Waals surface area contributed by atoms with Crippen LogP contribution in [0.15, 0.2) is 18.2 Å². The third-order valence-corrected chi connectivity index (χ3v) is 3.26. The molecule has 0 bridgehead atoms. The summed E-state index contributed by atoms with van der Waals surface area (Å²) in [6, 6.07) is 5.92. The second-order valence-electron chi connectivity index (χ2n) is 4.67. The second kappa shape index (κ2) is 5.73. The largest absolute Gasteiger partial charge is 0.469 e. The zero-order valence-corrected chi connectivity index (χ0v) is 11.2. The van der Waals surface area contributed by atoms with E-state index in [1.54, 1.807) is 0 Å². The molecule has 0 unspecified atom stereocenters. The summed E-state index contributed by atoms with van der Waals surface area (Å²) in [6.45, 7) is 0.773. The summed E-state index contributed by atoms with van der Waals surface area (Å²) in [5.41, 5.74) is 2.99. The fourth-order valence-corrected chi connectivity index (χ4v) is 2.14. The number of rotatable bonds is 5. The Balaban J connectivity index is 1.93. The van der Waals surface area contributed by atoms with Gasteiger partial charge >= 0.3 is 5.97 Å². The van der Waals surface area contributed by atoms with Crippen LogP contribution < -0.4 is 10.2 Å². The van der Waals surface area contributed by atoms with Gasteiger partial charge in [0, 0.05) is 31.4 Å². The molecule has 1 heterocycles. The molecule has 0 atom stereocenters. The minimum absolute atomic E-state index is 0.0421. The number of nitrogens with one attached hydrogen (secondary N) is 1. The zero-order valence-electron chi connectivity index (χ0n) is 11.2. The number of hydrogen-bond acceptors (Lipinski definition) is 4. The Kier molecular flexibility index (Phi) is 4.04. The highest BCUT2D eigenvalue weighted by Crippen LogP contribution is 2.27. The number of carbonyl (C=O) groups excluding carboxylic acids is 2. The first-order valence-corrected chi connectivity index (χ1v) is 6.31. The van der Waals surface area contributed by atoms with Crippen molar-refractivity contribution in [2.45, 2.75) is 19.3 Å². The average molecular weight is 262 g/mol. The molecule has 19 heavy (non-hydrogen) atoms. The van der Waals surface area contributed by atoms with Gasteiger partial charge in [-0.15, -0.1) is 0 Å². The molecule has 1 aliphatic rings. The molecule has 0 spiro atoms. The molecule has 0 radical (unpaired) electrons. The lowest BCUT2D eigenvalue weighted by atomic mass is 10.1. The van der Waals surface area contributed by atoms with Crippen molar-refractivity contribution in [3.8, 4) is 0 Å². The van der Waals surface area contributed by atoms with Crippen molar-refractivity contribution in [3.05, 3.63) is 23.8 Å². The van der Waals surface area contributed by atoms with Crippen molar-refractivity contribution in [2.24, 2.45) is 0 Å². The first-order valence-electron chi connectivity index (χ1n) is 6.31. The number of hydrogen-bond donors (Lipinski definition) is 1. The summed E-state index contributed by atoms with van der Waals surface area (Å²) >= 11 is 0. The van der Waals surface area contributed by atoms with E-state index in [9.17, 15) is 9.59 Å². The number of amides is 1. The summed E-state index contributed by atoms with van der Waals surface area (Å²) in [4.78, 5) is 24.4. The van der Waals surface area contributed by atoms with Crippen molar-refractivity contribution in [2.75, 3.05) is 30.9 Å². The Morgan fingerprint density at radius 3 is 3.00 bits per heavy atom. The van der Waals surface area contributed by atoms with E-state index in [-0.39, 0.29) is 11.9 Å². The molecule has 0 aromatic heterocycles. The summed E-state index contributed by atoms with van der Waals surface area (Å²) in [6.07, 6.45) is 1.61. The van der Waals surface area contributed by atoms with Crippen molar-refractivity contribution < 1.29 is 14.3 Å². The Morgan fingerprint density at radius 2 is 2.26 bits per heavy atom. The second-order valence-corrected chi connectivity index (χ2v) is 4.67. The van der Waals surface area contributed by atoms with Gasteiger partial charge in [-0.2, -0.15) is 0 Å². The number of benzene rings is 1. The van der Waals surface area contributed by atoms with Gasteiger partial charge in [0.25, 0.3) is 0 Å². The van der Waals surface area contributed by atoms with Gasteiger partial charge in [0.1, 0.15) is 0 Å². The predicted octanol–water partition coefficient (Wildman–Crippen LogP) is 1.57. The summed E-state index contributed by atoms with van der Waals surface area (Å²) < 4.78 is 4.61. The molecule has 0 saturated heterocycles. The van der Waals surface area contributed by atoms with Crippen LogP contribution in [0.3, 0.4) is 0 Å². The van der Waals surface area contributed by atoms with Crippen molar-refractivity contribution in [1.29, 1.82) is 0 Å². The van der Waals surface area contributed by atoms with Gasteiger partial charge in [0.05, 0.1) is 13.5 Å². The standard InChI is InChI=1S/C14H18N2O3/c1-16(7-3-4-14(18)19-2)11-5-6-12-10(8-11)9-13(17)15-12/h5-6,8H,3-4,7,9H2,1-2H3,(H,15,17). The van der Waals surface area contributed by atoms with Gasteiger partial charge in [-0.1, -0.05) is 0 Å². The minimum atomic E-state index is -0.183. The lowest BCUT2D eigenvalue weighted by molar-refractivity contribution is -0.140. The van der Waals surface area contributed by atoms with Gasteiger partial charge < -0.3 is 15.0 Å². The molecule has 0 aliphatic carbocycles. The maximum absolute atomic E-state index is 11.3. The molecule has 1 aromatic carbocycles. The number of nitrogens with zero attached hydrogens (tertiary/aromatic N) is 1. The maximum atomic E-state index is 11.3. The molecule has 0 fully saturated rings. The van der Waals surface area contributed by atoms with E-state index in [0.29, 0.717) is 12.8 Å². The van der Waals surface area contributed by atoms with Gasteiger partial charge in [-0.05, 0) is 30.2 Å². The highest BCUT2D eigenvalue weighted by molar-refractivity contribution is 5.99. The molecule has 5 heteroatoms. The van der Waals surface area contributed by atoms with E-state index in [1.807, 2.05) is 25.2 Å². The van der Waals surface area contributed by atoms with Gasteiger partial charge in [0.15, 0.2) is 0 Å². The number of esters is 1. The van der Waals surface area contributed by atoms with Crippen LogP contribution in [0.2, 0.25) is 0 Å². The van der Waals surface area contributed by atoms with Crippen LogP contribution in [-0.4, -0.2) is 32.6 Å². The molecule has 5 nitrogen and oxygen atoms in total. The maximum Gasteiger partial charge on any atom is 0.305 e. The number of anilines is 2. The summed E-state index contributed by atoms with van der Waals surface area (Å²) in [7, 11) is 3.37. The van der Waals surface area contributed by atoms with Gasteiger partial charge in [-0.25, -0.2) is 0 Å². The fourth-order valence-electron chi connectivity index (χ4n) is 2.14. The van der Waals surface area contributed by atoms with Crippen LogP contribution in [0, 0.1) is 0 Å². The highest BCUT2D eigenvalue weighted by atomic mass is 16.5. The quantitative estimate of drug-likeness (QED) is 0.818. The van der Waals surface area contributed by atoms with Crippen molar-refractivity contribution in [1.82, 2.24) is 0 Å². The van der Waals surface area contributed by atoms with E-state index in [2.05, 4.69) is 15.0 Å². The topological polar surface area (TPSA) is 58.6 Å². The average Bonchev–Trinajstić information content (AvgIpc) is 2.77. The van der Waals surface area contributed by atoms with Crippen LogP contribution in [-0.2, 0) is 20.7 Å². The van der Waals surface area contributed by atoms with Crippen molar-refractivity contribution in [3.63, 3.8) is 0 Å². The van der Waals surface area contributed by atoms with Gasteiger partial charge in [0.2, 0.25) is 5.91 Å². The molecule has 0 saturated carbocycles. The van der Waals surface area contributed by atoms with Gasteiger partial charge in [-0.3, -0.25) is 9.59 Å². The molecule has 1 aliphatic heterocycles. The van der Waals surface area contributed by atoms with E-state index < -0.39 is 0 Å². The van der Waals surface area contributed by atoms with E-state index >= 15 is 0 Å². The van der Waals surface area contributed by atoms with E-state index in [4.69, 9.17) is 0 Å². The van der Waals surface area contributed by atoms with E-state index in [0.717, 1.165) is 29.9 Å². The molecular weight excluding hydrogens is 244 g/mol. The first-order chi connectivity index (χ1) is 9.10. The fraction of sp³-hybridized carbons (Fsp3) is 0.429. The smallest absolute Gasteiger partial charge is 0.305 e. The van der Waals surface area contributed by atoms with Crippen LogP contribution >= 0.6 is 0 Å². The van der Waals surface area contributed by atoms with Crippen LogP contribution in [0.4, 0.5) is 11.4 Å². The predicted molar refractivity (Wildman–Crippen MR) is 73.3 cm³/mol. The molecule has 1 aromatic rings. The Bertz CT molecular complexity index is 499. The minimum Gasteiger partial charge on any atom is -0.469 e. The van der Waals surface area contributed by atoms with Crippen molar-refractivity contribution >= 4 is 23.3 Å². The Morgan fingerprint density at radius 1 is 1.47 bits per heavy atom. The molecule has 102 valence electrons. The highest BCUT2D eigenvalue weighted by Gasteiger charge is 2.18. The zero-order chi connectivity index (χ0) is 13.8. The summed E-state index contributed by atoms with van der Waals surface area (Å²) in [5, 5.41) is 2.81. The normalized spacial score (nSPS) is 12.8. The Labute approximate surface area is 112 Å². The SMILES string of the molecule is COC(=O)CCCN(C)c1ccc2c(c1)CC(=O)N2. The van der Waals surface area contributed by atoms with Crippen LogP contribution in [0.1, 0.15) is 18.4 Å². The third-order valence-electron chi connectivity index (χ3n) is 3.26. The number of methoxy groups -OCH3 is 1. The Hall–Kier alpha value is -2.04. The monoisotopic (exact) mass is 262 g/mol. The number of fused-ring (bicyclic) bond motifs is 1. The van der Waals surface area contributed by atoms with Crippen LogP contribution in [0.25, 0.3) is 0 Å². The molecule has 1 N–H and O–H groups in total. The van der Waals surface area contributed by atoms with Crippen LogP contribution in [0.5, 0.6) is 0 Å². The number of carbonyl (C=O) groups is 2. The lowest BCUT2D eigenvalue weighted by Gasteiger charge is -2.19. The summed E-state index contributed by atoms with van der Waals surface area (Å²) in [5.74, 6) is -0.141. The molecule has 2 rings (SSSR count). The lowest BCUT2D eigenvalue weighted by Crippen LogP contribution is -2.19.